The number of nitrogens with zero attached hydrogens (tertiary/aromatic N) is 1. The van der Waals surface area contributed by atoms with E-state index in [9.17, 15) is 4.79 Å². The highest BCUT2D eigenvalue weighted by atomic mass is 32.1. The quantitative estimate of drug-likeness (QED) is 0.513. The van der Waals surface area contributed by atoms with Gasteiger partial charge in [0.2, 0.25) is 5.91 Å². The van der Waals surface area contributed by atoms with Crippen molar-refractivity contribution in [1.29, 1.82) is 5.26 Å². The predicted molar refractivity (Wildman–Crippen MR) is 39.1 cm³/mol. The fraction of sp³-hybridized carbons (Fsp3) is 0.500. The van der Waals surface area contributed by atoms with Crippen molar-refractivity contribution in [2.24, 2.45) is 5.92 Å². The standard InChI is InChI=1S/C6H6N2OS/c7-3-4-1-2-5(9)8-6(4)10/h4H,1-2H2,(H,8,9,10). The van der Waals surface area contributed by atoms with Gasteiger partial charge in [-0.3, -0.25) is 4.79 Å². The molecule has 1 unspecified atom stereocenters. The van der Waals surface area contributed by atoms with E-state index in [1.807, 2.05) is 6.07 Å². The summed E-state index contributed by atoms with van der Waals surface area (Å²) in [6.07, 6.45) is 0.986. The molecule has 4 heteroatoms. The van der Waals surface area contributed by atoms with Gasteiger partial charge in [-0.1, -0.05) is 12.2 Å². The molecule has 52 valence electrons. The normalized spacial score (nSPS) is 25.3. The molecule has 1 aliphatic heterocycles. The number of piperidine rings is 1. The Balaban J connectivity index is 2.62. The second kappa shape index (κ2) is 2.76. The van der Waals surface area contributed by atoms with Crippen molar-refractivity contribution in [3.8, 4) is 6.07 Å². The Morgan fingerprint density at radius 2 is 2.50 bits per heavy atom. The first-order chi connectivity index (χ1) is 4.74. The summed E-state index contributed by atoms with van der Waals surface area (Å²) in [4.78, 5) is 11.0. The van der Waals surface area contributed by atoms with Gasteiger partial charge in [0.15, 0.2) is 0 Å². The van der Waals surface area contributed by atoms with E-state index in [-0.39, 0.29) is 11.8 Å². The number of rotatable bonds is 0. The number of thiocarbonyl (C=S) groups is 1. The van der Waals surface area contributed by atoms with Gasteiger partial charge in [0.05, 0.1) is 17.0 Å². The second-order valence-electron chi connectivity index (χ2n) is 2.13. The lowest BCUT2D eigenvalue weighted by molar-refractivity contribution is -0.120. The first-order valence-electron chi connectivity index (χ1n) is 2.97. The average Bonchev–Trinajstić information content (AvgIpc) is 1.88. The minimum absolute atomic E-state index is 0.0727. The number of hydrogen-bond donors (Lipinski definition) is 1. The maximum Gasteiger partial charge on any atom is 0.224 e. The van der Waals surface area contributed by atoms with Crippen LogP contribution in [-0.4, -0.2) is 10.9 Å². The Kier molecular flexibility index (Phi) is 1.97. The molecule has 0 aromatic rings. The Bertz CT molecular complexity index is 218. The van der Waals surface area contributed by atoms with Crippen molar-refractivity contribution in [3.63, 3.8) is 0 Å². The van der Waals surface area contributed by atoms with Crippen LogP contribution in [0.4, 0.5) is 0 Å². The third-order valence-corrected chi connectivity index (χ3v) is 1.78. The van der Waals surface area contributed by atoms with E-state index in [0.29, 0.717) is 17.8 Å². The number of hydrogen-bond acceptors (Lipinski definition) is 3. The summed E-state index contributed by atoms with van der Waals surface area (Å²) >= 11 is 4.75. The van der Waals surface area contributed by atoms with Gasteiger partial charge in [0.1, 0.15) is 0 Å². The molecule has 1 rings (SSSR count). The van der Waals surface area contributed by atoms with E-state index in [1.165, 1.54) is 0 Å². The van der Waals surface area contributed by atoms with E-state index in [1.54, 1.807) is 0 Å². The zero-order valence-corrected chi connectivity index (χ0v) is 6.07. The van der Waals surface area contributed by atoms with Crippen LogP contribution < -0.4 is 5.32 Å². The van der Waals surface area contributed by atoms with Crippen LogP contribution in [0, 0.1) is 17.2 Å². The molecule has 1 N–H and O–H groups in total. The second-order valence-corrected chi connectivity index (χ2v) is 2.57. The van der Waals surface area contributed by atoms with Gasteiger partial charge in [0, 0.05) is 6.42 Å². The average molecular weight is 154 g/mol. The summed E-state index contributed by atoms with van der Waals surface area (Å²) in [5.74, 6) is -0.329. The first kappa shape index (κ1) is 7.16. The molecule has 3 nitrogen and oxygen atoms in total. The molecule has 0 bridgehead atoms. The van der Waals surface area contributed by atoms with Crippen LogP contribution in [0.25, 0.3) is 0 Å². The van der Waals surface area contributed by atoms with Crippen LogP contribution in [0.15, 0.2) is 0 Å². The lowest BCUT2D eigenvalue weighted by atomic mass is 10.0. The molecule has 0 radical (unpaired) electrons. The fourth-order valence-electron chi connectivity index (χ4n) is 0.817. The molecule has 0 aromatic heterocycles. The monoisotopic (exact) mass is 154 g/mol. The van der Waals surface area contributed by atoms with Gasteiger partial charge in [-0.25, -0.2) is 0 Å². The van der Waals surface area contributed by atoms with E-state index < -0.39 is 0 Å². The third kappa shape index (κ3) is 1.31. The van der Waals surface area contributed by atoms with Crippen LogP contribution in [0.1, 0.15) is 12.8 Å². The lowest BCUT2D eigenvalue weighted by Gasteiger charge is -2.16. The van der Waals surface area contributed by atoms with Crippen LogP contribution in [-0.2, 0) is 4.79 Å². The largest absolute Gasteiger partial charge is 0.319 e. The third-order valence-electron chi connectivity index (χ3n) is 1.40. The summed E-state index contributed by atoms with van der Waals surface area (Å²) in [5.41, 5.74) is 0. The summed E-state index contributed by atoms with van der Waals surface area (Å²) in [7, 11) is 0. The summed E-state index contributed by atoms with van der Waals surface area (Å²) in [6.45, 7) is 0. The van der Waals surface area contributed by atoms with Gasteiger partial charge < -0.3 is 5.32 Å². The lowest BCUT2D eigenvalue weighted by Crippen LogP contribution is -2.38. The Morgan fingerprint density at radius 1 is 1.80 bits per heavy atom. The molecule has 10 heavy (non-hydrogen) atoms. The van der Waals surface area contributed by atoms with Crippen LogP contribution >= 0.6 is 12.2 Å². The Labute approximate surface area is 64.0 Å². The highest BCUT2D eigenvalue weighted by molar-refractivity contribution is 7.80. The minimum atomic E-state index is -0.257. The van der Waals surface area contributed by atoms with Gasteiger partial charge in [0.25, 0.3) is 0 Å². The van der Waals surface area contributed by atoms with Crippen molar-refractivity contribution < 1.29 is 4.79 Å². The summed E-state index contributed by atoms with van der Waals surface area (Å²) in [5, 5.41) is 10.9. The molecule has 1 heterocycles. The molecule has 1 aliphatic rings. The predicted octanol–water partition coefficient (Wildman–Crippen LogP) is 0.364. The zero-order chi connectivity index (χ0) is 7.56. The maximum atomic E-state index is 10.6. The molecule has 0 spiro atoms. The number of carbonyl (C=O) groups excluding carboxylic acids is 1. The number of nitrogens with one attached hydrogen (secondary N) is 1. The van der Waals surface area contributed by atoms with Gasteiger partial charge >= 0.3 is 0 Å². The molecule has 1 atom stereocenters. The van der Waals surface area contributed by atoms with Crippen molar-refractivity contribution in [3.05, 3.63) is 0 Å². The number of amides is 1. The molecular formula is C6H6N2OS. The van der Waals surface area contributed by atoms with Crippen LogP contribution in [0.3, 0.4) is 0 Å². The smallest absolute Gasteiger partial charge is 0.224 e. The SMILES string of the molecule is N#CC1CCC(=O)NC1=S. The summed E-state index contributed by atoms with van der Waals surface area (Å²) < 4.78 is 0. The van der Waals surface area contributed by atoms with Crippen molar-refractivity contribution in [1.82, 2.24) is 5.32 Å². The van der Waals surface area contributed by atoms with E-state index in [4.69, 9.17) is 17.5 Å². The van der Waals surface area contributed by atoms with Crippen LogP contribution in [0.5, 0.6) is 0 Å². The number of carbonyl (C=O) groups is 1. The van der Waals surface area contributed by atoms with Crippen molar-refractivity contribution >= 4 is 23.1 Å². The van der Waals surface area contributed by atoms with Crippen molar-refractivity contribution in [2.75, 3.05) is 0 Å². The molecular weight excluding hydrogens is 148 g/mol. The van der Waals surface area contributed by atoms with E-state index >= 15 is 0 Å². The fourth-order valence-corrected chi connectivity index (χ4v) is 1.10. The van der Waals surface area contributed by atoms with Crippen molar-refractivity contribution in [2.45, 2.75) is 12.8 Å². The van der Waals surface area contributed by atoms with E-state index in [2.05, 4.69) is 5.32 Å². The molecule has 0 aromatic carbocycles. The molecule has 1 fully saturated rings. The van der Waals surface area contributed by atoms with Crippen LogP contribution in [0.2, 0.25) is 0 Å². The molecule has 0 aliphatic carbocycles. The molecule has 0 saturated carbocycles. The first-order valence-corrected chi connectivity index (χ1v) is 3.38. The van der Waals surface area contributed by atoms with Gasteiger partial charge in [-0.15, -0.1) is 0 Å². The van der Waals surface area contributed by atoms with E-state index in [0.717, 1.165) is 0 Å². The molecule has 1 saturated heterocycles. The highest BCUT2D eigenvalue weighted by Crippen LogP contribution is 2.11. The maximum absolute atomic E-state index is 10.6. The molecule has 1 amide bonds. The number of nitriles is 1. The Morgan fingerprint density at radius 3 is 3.00 bits per heavy atom. The zero-order valence-electron chi connectivity index (χ0n) is 5.26. The van der Waals surface area contributed by atoms with Gasteiger partial charge in [-0.2, -0.15) is 5.26 Å². The minimum Gasteiger partial charge on any atom is -0.319 e. The Hall–Kier alpha value is -0.950. The topological polar surface area (TPSA) is 52.9 Å². The highest BCUT2D eigenvalue weighted by Gasteiger charge is 2.22. The van der Waals surface area contributed by atoms with Gasteiger partial charge in [-0.05, 0) is 6.42 Å². The summed E-state index contributed by atoms with van der Waals surface area (Å²) in [6, 6.07) is 2.02.